The summed E-state index contributed by atoms with van der Waals surface area (Å²) in [7, 11) is -3.60. The summed E-state index contributed by atoms with van der Waals surface area (Å²) in [6, 6.07) is 13.8. The second-order valence-electron chi connectivity index (χ2n) is 4.27. The van der Waals surface area contributed by atoms with Gasteiger partial charge in [-0.05, 0) is 17.7 Å². The van der Waals surface area contributed by atoms with Crippen LogP contribution in [-0.4, -0.2) is 19.2 Å². The number of benzene rings is 2. The van der Waals surface area contributed by atoms with Crippen LogP contribution in [0.1, 0.15) is 16.7 Å². The lowest BCUT2D eigenvalue weighted by molar-refractivity contribution is 0.282. The minimum absolute atomic E-state index is 0.0878. The van der Waals surface area contributed by atoms with Gasteiger partial charge in [-0.1, -0.05) is 36.4 Å². The second-order valence-corrected chi connectivity index (χ2v) is 5.84. The van der Waals surface area contributed by atoms with Crippen molar-refractivity contribution in [3.8, 4) is 0 Å². The molecule has 1 N–H and O–H groups in total. The predicted molar refractivity (Wildman–Crippen MR) is 71.6 cm³/mol. The average Bonchev–Trinajstić information content (AvgIpc) is 2.72. The Hall–Kier alpha value is -1.98. The van der Waals surface area contributed by atoms with E-state index in [4.69, 9.17) is 5.11 Å². The molecular formula is C14H11NO3S. The van der Waals surface area contributed by atoms with E-state index >= 15 is 0 Å². The molecular weight excluding hydrogens is 262 g/mol. The van der Waals surface area contributed by atoms with Crippen molar-refractivity contribution in [1.82, 2.24) is 0 Å². The Labute approximate surface area is 111 Å². The van der Waals surface area contributed by atoms with E-state index in [0.29, 0.717) is 16.8 Å². The normalized spacial score (nSPS) is 15.9. The van der Waals surface area contributed by atoms with Gasteiger partial charge in [0, 0.05) is 11.1 Å². The van der Waals surface area contributed by atoms with Gasteiger partial charge in [0.15, 0.2) is 0 Å². The third-order valence-corrected chi connectivity index (χ3v) is 4.35. The van der Waals surface area contributed by atoms with E-state index in [1.54, 1.807) is 48.5 Å². The highest BCUT2D eigenvalue weighted by Crippen LogP contribution is 2.29. The summed E-state index contributed by atoms with van der Waals surface area (Å²) in [5, 5.41) is 9.14. The minimum atomic E-state index is -3.60. The first kappa shape index (κ1) is 12.1. The Balaban J connectivity index is 2.22. The van der Waals surface area contributed by atoms with Gasteiger partial charge >= 0.3 is 0 Å². The van der Waals surface area contributed by atoms with E-state index < -0.39 is 10.0 Å². The highest BCUT2D eigenvalue weighted by molar-refractivity contribution is 7.90. The number of aliphatic hydroxyl groups is 1. The lowest BCUT2D eigenvalue weighted by Crippen LogP contribution is -2.01. The van der Waals surface area contributed by atoms with Crippen LogP contribution >= 0.6 is 0 Å². The van der Waals surface area contributed by atoms with Gasteiger partial charge in [-0.3, -0.25) is 0 Å². The summed E-state index contributed by atoms with van der Waals surface area (Å²) < 4.78 is 27.7. The summed E-state index contributed by atoms with van der Waals surface area (Å²) in [6.07, 6.45) is 0. The van der Waals surface area contributed by atoms with Gasteiger partial charge in [0.1, 0.15) is 0 Å². The highest BCUT2D eigenvalue weighted by atomic mass is 32.2. The molecule has 4 nitrogen and oxygen atoms in total. The van der Waals surface area contributed by atoms with Gasteiger partial charge in [-0.2, -0.15) is 12.8 Å². The van der Waals surface area contributed by atoms with Crippen LogP contribution in [-0.2, 0) is 16.6 Å². The molecule has 0 saturated heterocycles. The van der Waals surface area contributed by atoms with Crippen LogP contribution in [0.15, 0.2) is 57.8 Å². The van der Waals surface area contributed by atoms with Gasteiger partial charge in [0.25, 0.3) is 10.0 Å². The molecule has 0 unspecified atom stereocenters. The van der Waals surface area contributed by atoms with Crippen LogP contribution in [0.3, 0.4) is 0 Å². The minimum Gasteiger partial charge on any atom is -0.392 e. The molecule has 19 heavy (non-hydrogen) atoms. The van der Waals surface area contributed by atoms with Crippen molar-refractivity contribution >= 4 is 15.7 Å². The third kappa shape index (κ3) is 1.97. The SMILES string of the molecule is O=S1(=O)N=C(c2cccc(CO)c2)c2ccccc21. The highest BCUT2D eigenvalue weighted by Gasteiger charge is 2.28. The van der Waals surface area contributed by atoms with E-state index in [0.717, 1.165) is 5.56 Å². The number of aliphatic hydroxyl groups excluding tert-OH is 1. The molecule has 0 saturated carbocycles. The summed E-state index contributed by atoms with van der Waals surface area (Å²) in [5.41, 5.74) is 2.46. The summed E-state index contributed by atoms with van der Waals surface area (Å²) >= 11 is 0. The molecule has 0 spiro atoms. The fraction of sp³-hybridized carbons (Fsp3) is 0.0714. The number of hydrogen-bond acceptors (Lipinski definition) is 3. The molecule has 0 atom stereocenters. The van der Waals surface area contributed by atoms with Crippen molar-refractivity contribution in [3.63, 3.8) is 0 Å². The van der Waals surface area contributed by atoms with Gasteiger partial charge in [0.2, 0.25) is 0 Å². The zero-order chi connectivity index (χ0) is 13.5. The molecule has 5 heteroatoms. The van der Waals surface area contributed by atoms with Crippen LogP contribution in [0.2, 0.25) is 0 Å². The summed E-state index contributed by atoms with van der Waals surface area (Å²) in [4.78, 5) is 0.236. The molecule has 0 amide bonds. The fourth-order valence-electron chi connectivity index (χ4n) is 2.13. The number of nitrogens with zero attached hydrogens (tertiary/aromatic N) is 1. The number of fused-ring (bicyclic) bond motifs is 1. The zero-order valence-corrected chi connectivity index (χ0v) is 10.8. The molecule has 2 aromatic rings. The monoisotopic (exact) mass is 273 g/mol. The number of sulfonamides is 1. The molecule has 0 bridgehead atoms. The van der Waals surface area contributed by atoms with E-state index in [1.807, 2.05) is 0 Å². The lowest BCUT2D eigenvalue weighted by atomic mass is 10.0. The molecule has 0 radical (unpaired) electrons. The Morgan fingerprint density at radius 1 is 1.05 bits per heavy atom. The number of hydrogen-bond donors (Lipinski definition) is 1. The standard InChI is InChI=1S/C14H11NO3S/c16-9-10-4-3-5-11(8-10)14-12-6-1-2-7-13(12)19(17,18)15-14/h1-8,16H,9H2. The van der Waals surface area contributed by atoms with Gasteiger partial charge in [-0.25, -0.2) is 0 Å². The first-order chi connectivity index (χ1) is 9.12. The third-order valence-electron chi connectivity index (χ3n) is 3.01. The Bertz CT molecular complexity index is 779. The largest absolute Gasteiger partial charge is 0.392 e. The summed E-state index contributed by atoms with van der Waals surface area (Å²) in [6.45, 7) is -0.0878. The molecule has 1 aliphatic heterocycles. The lowest BCUT2D eigenvalue weighted by Gasteiger charge is -2.04. The Kier molecular flexibility index (Phi) is 2.73. The zero-order valence-electron chi connectivity index (χ0n) is 9.95. The molecule has 0 fully saturated rings. The smallest absolute Gasteiger partial charge is 0.283 e. The van der Waals surface area contributed by atoms with Crippen molar-refractivity contribution in [3.05, 3.63) is 65.2 Å². The Morgan fingerprint density at radius 2 is 1.84 bits per heavy atom. The molecule has 1 aliphatic rings. The van der Waals surface area contributed by atoms with Crippen molar-refractivity contribution in [2.45, 2.75) is 11.5 Å². The average molecular weight is 273 g/mol. The van der Waals surface area contributed by atoms with Gasteiger partial charge in [-0.15, -0.1) is 0 Å². The van der Waals surface area contributed by atoms with E-state index in [1.165, 1.54) is 0 Å². The molecule has 0 aromatic heterocycles. The van der Waals surface area contributed by atoms with Crippen molar-refractivity contribution in [2.75, 3.05) is 0 Å². The molecule has 3 rings (SSSR count). The van der Waals surface area contributed by atoms with Gasteiger partial charge < -0.3 is 5.11 Å². The van der Waals surface area contributed by atoms with Crippen LogP contribution in [0.4, 0.5) is 0 Å². The van der Waals surface area contributed by atoms with E-state index in [9.17, 15) is 8.42 Å². The topological polar surface area (TPSA) is 66.7 Å². The summed E-state index contributed by atoms with van der Waals surface area (Å²) in [5.74, 6) is 0. The quantitative estimate of drug-likeness (QED) is 0.906. The first-order valence-corrected chi connectivity index (χ1v) is 7.20. The predicted octanol–water partition coefficient (Wildman–Crippen LogP) is 1.72. The molecule has 2 aromatic carbocycles. The maximum atomic E-state index is 12.0. The molecule has 0 aliphatic carbocycles. The van der Waals surface area contributed by atoms with Crippen LogP contribution < -0.4 is 0 Å². The molecule has 96 valence electrons. The molecule has 1 heterocycles. The maximum absolute atomic E-state index is 12.0. The maximum Gasteiger partial charge on any atom is 0.283 e. The fourth-order valence-corrected chi connectivity index (χ4v) is 3.37. The van der Waals surface area contributed by atoms with Gasteiger partial charge in [0.05, 0.1) is 17.2 Å². The van der Waals surface area contributed by atoms with E-state index in [-0.39, 0.29) is 11.5 Å². The second kappa shape index (κ2) is 4.29. The van der Waals surface area contributed by atoms with Crippen molar-refractivity contribution < 1.29 is 13.5 Å². The Morgan fingerprint density at radius 3 is 2.63 bits per heavy atom. The van der Waals surface area contributed by atoms with Crippen LogP contribution in [0.5, 0.6) is 0 Å². The van der Waals surface area contributed by atoms with Crippen molar-refractivity contribution in [2.24, 2.45) is 4.40 Å². The van der Waals surface area contributed by atoms with Crippen LogP contribution in [0.25, 0.3) is 0 Å². The van der Waals surface area contributed by atoms with Crippen LogP contribution in [0, 0.1) is 0 Å². The first-order valence-electron chi connectivity index (χ1n) is 5.76. The van der Waals surface area contributed by atoms with E-state index in [2.05, 4.69) is 4.40 Å². The van der Waals surface area contributed by atoms with Crippen molar-refractivity contribution in [1.29, 1.82) is 0 Å². The number of rotatable bonds is 2.